The molecule has 10 heteroatoms. The van der Waals surface area contributed by atoms with E-state index in [1.165, 1.54) is 6.33 Å². The van der Waals surface area contributed by atoms with Crippen molar-refractivity contribution in [3.63, 3.8) is 0 Å². The molecule has 1 saturated heterocycles. The van der Waals surface area contributed by atoms with E-state index >= 15 is 0 Å². The number of aliphatic hydroxyl groups excluding tert-OH is 2. The largest absolute Gasteiger partial charge is 0.394 e. The quantitative estimate of drug-likeness (QED) is 0.345. The molecule has 6 rings (SSSR count). The predicted molar refractivity (Wildman–Crippen MR) is 133 cm³/mol. The van der Waals surface area contributed by atoms with Gasteiger partial charge in [0.1, 0.15) is 24.5 Å². The number of aromatic nitrogens is 6. The van der Waals surface area contributed by atoms with Crippen molar-refractivity contribution in [2.24, 2.45) is 0 Å². The first-order chi connectivity index (χ1) is 17.6. The van der Waals surface area contributed by atoms with Crippen molar-refractivity contribution in [2.75, 3.05) is 12.3 Å². The molecule has 1 aromatic carbocycles. The van der Waals surface area contributed by atoms with Gasteiger partial charge in [-0.15, -0.1) is 0 Å². The standard InChI is InChI=1S/C26H23N7O3/c27-24-23-26(30-14-29-24)33(22-12-20(35)21(13-34)36-22)25(32-23)16-9-7-15(8-10-16)17-5-3-6-19(31-17)18-4-1-2-11-28-18/h1-11,14,20-22,34-35H,12-13H2,(H2,27,29,30)/t20-,21+,22+/m0/s1. The van der Waals surface area contributed by atoms with Crippen LogP contribution in [0.25, 0.3) is 45.2 Å². The van der Waals surface area contributed by atoms with E-state index in [0.29, 0.717) is 17.0 Å². The summed E-state index contributed by atoms with van der Waals surface area (Å²) in [6, 6.07) is 19.4. The minimum Gasteiger partial charge on any atom is -0.394 e. The van der Waals surface area contributed by atoms with Crippen molar-refractivity contribution < 1.29 is 14.9 Å². The maximum atomic E-state index is 10.3. The van der Waals surface area contributed by atoms with Crippen LogP contribution in [0.15, 0.2) is 73.2 Å². The second-order valence-electron chi connectivity index (χ2n) is 8.55. The van der Waals surface area contributed by atoms with Crippen LogP contribution in [0.2, 0.25) is 0 Å². The third-order valence-electron chi connectivity index (χ3n) is 6.29. The molecule has 1 aliphatic heterocycles. The summed E-state index contributed by atoms with van der Waals surface area (Å²) in [6.07, 6.45) is 1.36. The Morgan fingerprint density at radius 1 is 0.889 bits per heavy atom. The summed E-state index contributed by atoms with van der Waals surface area (Å²) < 4.78 is 7.74. The van der Waals surface area contributed by atoms with Gasteiger partial charge < -0.3 is 20.7 Å². The average molecular weight is 482 g/mol. The lowest BCUT2D eigenvalue weighted by molar-refractivity contribution is -0.0426. The Morgan fingerprint density at radius 2 is 1.67 bits per heavy atom. The van der Waals surface area contributed by atoms with E-state index in [1.807, 2.05) is 60.7 Å². The number of nitrogen functional groups attached to an aromatic ring is 1. The van der Waals surface area contributed by atoms with E-state index in [9.17, 15) is 10.2 Å². The number of hydrogen-bond donors (Lipinski definition) is 3. The van der Waals surface area contributed by atoms with Crippen LogP contribution in [0.5, 0.6) is 0 Å². The van der Waals surface area contributed by atoms with Gasteiger partial charge in [-0.05, 0) is 24.3 Å². The number of aliphatic hydroxyl groups is 2. The van der Waals surface area contributed by atoms with Crippen LogP contribution in [-0.4, -0.2) is 58.5 Å². The smallest absolute Gasteiger partial charge is 0.168 e. The summed E-state index contributed by atoms with van der Waals surface area (Å²) in [7, 11) is 0. The van der Waals surface area contributed by atoms with Crippen molar-refractivity contribution in [2.45, 2.75) is 24.9 Å². The first kappa shape index (κ1) is 22.2. The van der Waals surface area contributed by atoms with Crippen LogP contribution in [-0.2, 0) is 4.74 Å². The molecule has 4 N–H and O–H groups in total. The number of imidazole rings is 1. The fraction of sp³-hybridized carbons (Fsp3) is 0.192. The zero-order valence-electron chi connectivity index (χ0n) is 19.1. The topological polar surface area (TPSA) is 145 Å². The number of nitrogens with two attached hydrogens (primary N) is 1. The number of nitrogens with zero attached hydrogens (tertiary/aromatic N) is 6. The molecule has 180 valence electrons. The first-order valence-electron chi connectivity index (χ1n) is 11.5. The zero-order chi connectivity index (χ0) is 24.6. The fourth-order valence-corrected chi connectivity index (χ4v) is 4.48. The highest BCUT2D eigenvalue weighted by Crippen LogP contribution is 2.36. The summed E-state index contributed by atoms with van der Waals surface area (Å²) in [5.41, 5.74) is 11.2. The summed E-state index contributed by atoms with van der Waals surface area (Å²) in [4.78, 5) is 22.3. The molecule has 0 spiro atoms. The number of benzene rings is 1. The molecule has 0 bridgehead atoms. The van der Waals surface area contributed by atoms with E-state index in [0.717, 1.165) is 28.2 Å². The van der Waals surface area contributed by atoms with Gasteiger partial charge in [-0.25, -0.2) is 19.9 Å². The van der Waals surface area contributed by atoms with Gasteiger partial charge in [0.15, 0.2) is 17.0 Å². The molecule has 0 amide bonds. The summed E-state index contributed by atoms with van der Waals surface area (Å²) in [5, 5.41) is 19.9. The highest BCUT2D eigenvalue weighted by atomic mass is 16.5. The number of anilines is 1. The molecule has 0 unspecified atom stereocenters. The van der Waals surface area contributed by atoms with Gasteiger partial charge in [-0.2, -0.15) is 0 Å². The molecule has 10 nitrogen and oxygen atoms in total. The predicted octanol–water partition coefficient (Wildman–Crippen LogP) is 2.84. The SMILES string of the molecule is Nc1ncnc2c1nc(-c1ccc(-c3cccc(-c4ccccn4)n3)cc1)n2[C@H]1C[C@H](O)[C@@H](CO)O1. The molecule has 0 aliphatic carbocycles. The maximum absolute atomic E-state index is 10.3. The molecule has 3 atom stereocenters. The summed E-state index contributed by atoms with van der Waals surface area (Å²) >= 11 is 0. The van der Waals surface area contributed by atoms with Crippen molar-refractivity contribution in [1.82, 2.24) is 29.5 Å². The molecular formula is C26H23N7O3. The molecule has 5 aromatic rings. The fourth-order valence-electron chi connectivity index (χ4n) is 4.48. The molecule has 1 aliphatic rings. The third kappa shape index (κ3) is 3.87. The number of rotatable bonds is 5. The van der Waals surface area contributed by atoms with Gasteiger partial charge in [0.2, 0.25) is 0 Å². The number of hydrogen-bond acceptors (Lipinski definition) is 9. The van der Waals surface area contributed by atoms with Gasteiger partial charge in [-0.1, -0.05) is 36.4 Å². The Labute approximate surface area is 206 Å². The lowest BCUT2D eigenvalue weighted by Gasteiger charge is -2.17. The Bertz CT molecular complexity index is 1520. The number of pyridine rings is 2. The molecule has 0 radical (unpaired) electrons. The molecular weight excluding hydrogens is 458 g/mol. The van der Waals surface area contributed by atoms with Crippen molar-refractivity contribution in [3.05, 3.63) is 73.2 Å². The Balaban J connectivity index is 1.39. The normalized spacial score (nSPS) is 19.7. The van der Waals surface area contributed by atoms with Crippen molar-refractivity contribution in [1.29, 1.82) is 0 Å². The molecule has 0 saturated carbocycles. The van der Waals surface area contributed by atoms with Crippen molar-refractivity contribution in [3.8, 4) is 34.0 Å². The summed E-state index contributed by atoms with van der Waals surface area (Å²) in [5.74, 6) is 0.833. The highest BCUT2D eigenvalue weighted by Gasteiger charge is 2.37. The lowest BCUT2D eigenvalue weighted by atomic mass is 10.1. The second-order valence-corrected chi connectivity index (χ2v) is 8.55. The maximum Gasteiger partial charge on any atom is 0.168 e. The minimum atomic E-state index is -0.802. The Morgan fingerprint density at radius 3 is 2.42 bits per heavy atom. The van der Waals surface area contributed by atoms with Gasteiger partial charge in [0, 0.05) is 23.7 Å². The van der Waals surface area contributed by atoms with Crippen LogP contribution in [0.4, 0.5) is 5.82 Å². The van der Waals surface area contributed by atoms with Crippen molar-refractivity contribution >= 4 is 17.0 Å². The van der Waals surface area contributed by atoms with E-state index in [2.05, 4.69) is 15.0 Å². The van der Waals surface area contributed by atoms with Crippen LogP contribution in [0, 0.1) is 0 Å². The van der Waals surface area contributed by atoms with E-state index < -0.39 is 18.4 Å². The minimum absolute atomic E-state index is 0.254. The zero-order valence-corrected chi connectivity index (χ0v) is 19.1. The van der Waals surface area contributed by atoms with Gasteiger partial charge >= 0.3 is 0 Å². The van der Waals surface area contributed by atoms with Crippen LogP contribution < -0.4 is 5.73 Å². The molecule has 5 heterocycles. The average Bonchev–Trinajstić information content (AvgIpc) is 3.50. The molecule has 1 fully saturated rings. The number of ether oxygens (including phenoxy) is 1. The monoisotopic (exact) mass is 481 g/mol. The Hall–Kier alpha value is -4.25. The lowest BCUT2D eigenvalue weighted by Crippen LogP contribution is -2.24. The van der Waals surface area contributed by atoms with Crippen LogP contribution >= 0.6 is 0 Å². The second kappa shape index (κ2) is 9.08. The van der Waals surface area contributed by atoms with E-state index in [-0.39, 0.29) is 18.8 Å². The van der Waals surface area contributed by atoms with Gasteiger partial charge in [-0.3, -0.25) is 9.55 Å². The summed E-state index contributed by atoms with van der Waals surface area (Å²) in [6.45, 7) is -0.282. The van der Waals surface area contributed by atoms with Crippen LogP contribution in [0.1, 0.15) is 12.6 Å². The van der Waals surface area contributed by atoms with Crippen LogP contribution in [0.3, 0.4) is 0 Å². The Kier molecular flexibility index (Phi) is 5.61. The molecule has 36 heavy (non-hydrogen) atoms. The third-order valence-corrected chi connectivity index (χ3v) is 6.29. The molecule has 4 aromatic heterocycles. The van der Waals surface area contributed by atoms with E-state index in [4.69, 9.17) is 20.4 Å². The van der Waals surface area contributed by atoms with Gasteiger partial charge in [0.05, 0.1) is 29.8 Å². The first-order valence-corrected chi connectivity index (χ1v) is 11.5. The van der Waals surface area contributed by atoms with E-state index in [1.54, 1.807) is 10.8 Å². The highest BCUT2D eigenvalue weighted by molar-refractivity contribution is 5.85. The number of fused-ring (bicyclic) bond motifs is 1. The van der Waals surface area contributed by atoms with Gasteiger partial charge in [0.25, 0.3) is 0 Å².